The SMILES string of the molecule is CCOC(=O)c1csc(NC(=O)c2ccc(S(=O)(=O)N(CC)Cc3ccccc3)cc2)n1. The van der Waals surface area contributed by atoms with Crippen molar-refractivity contribution in [2.75, 3.05) is 18.5 Å². The first-order chi connectivity index (χ1) is 15.3. The quantitative estimate of drug-likeness (QED) is 0.474. The van der Waals surface area contributed by atoms with Crippen LogP contribution in [0.5, 0.6) is 0 Å². The molecule has 1 heterocycles. The maximum atomic E-state index is 13.0. The van der Waals surface area contributed by atoms with E-state index in [1.807, 2.05) is 30.3 Å². The largest absolute Gasteiger partial charge is 0.461 e. The molecule has 0 aliphatic carbocycles. The van der Waals surface area contributed by atoms with E-state index in [0.717, 1.165) is 16.9 Å². The van der Waals surface area contributed by atoms with E-state index in [2.05, 4.69) is 10.3 Å². The second-order valence-corrected chi connectivity index (χ2v) is 9.45. The van der Waals surface area contributed by atoms with Crippen LogP contribution in [0, 0.1) is 0 Å². The summed E-state index contributed by atoms with van der Waals surface area (Å²) in [5.74, 6) is -1.02. The number of ether oxygens (including phenoxy) is 1. The molecule has 1 amide bonds. The summed E-state index contributed by atoms with van der Waals surface area (Å²) in [5.41, 5.74) is 1.27. The molecular weight excluding hydrogens is 450 g/mol. The van der Waals surface area contributed by atoms with E-state index in [1.165, 1.54) is 34.0 Å². The van der Waals surface area contributed by atoms with Gasteiger partial charge in [0.1, 0.15) is 0 Å². The third kappa shape index (κ3) is 5.58. The van der Waals surface area contributed by atoms with E-state index in [4.69, 9.17) is 4.74 Å². The lowest BCUT2D eigenvalue weighted by atomic mass is 10.2. The first-order valence-electron chi connectivity index (χ1n) is 9.93. The average Bonchev–Trinajstić information content (AvgIpc) is 3.27. The molecule has 0 aliphatic heterocycles. The summed E-state index contributed by atoms with van der Waals surface area (Å²) in [6, 6.07) is 15.0. The van der Waals surface area contributed by atoms with Crippen LogP contribution in [0.4, 0.5) is 5.13 Å². The minimum atomic E-state index is -3.72. The second kappa shape index (κ2) is 10.5. The fourth-order valence-corrected chi connectivity index (χ4v) is 4.99. The molecule has 10 heteroatoms. The van der Waals surface area contributed by atoms with Gasteiger partial charge in [-0.15, -0.1) is 11.3 Å². The Labute approximate surface area is 190 Å². The smallest absolute Gasteiger partial charge is 0.357 e. The summed E-state index contributed by atoms with van der Waals surface area (Å²) in [7, 11) is -3.72. The summed E-state index contributed by atoms with van der Waals surface area (Å²) >= 11 is 1.10. The number of carbonyl (C=O) groups is 2. The van der Waals surface area contributed by atoms with Gasteiger partial charge in [0.25, 0.3) is 5.91 Å². The number of benzene rings is 2. The number of hydrogen-bond donors (Lipinski definition) is 1. The molecule has 3 rings (SSSR count). The summed E-state index contributed by atoms with van der Waals surface area (Å²) in [6.07, 6.45) is 0. The van der Waals surface area contributed by atoms with Crippen molar-refractivity contribution in [3.8, 4) is 0 Å². The molecule has 0 fully saturated rings. The Morgan fingerprint density at radius 2 is 1.75 bits per heavy atom. The molecule has 0 saturated heterocycles. The highest BCUT2D eigenvalue weighted by atomic mass is 32.2. The molecule has 0 atom stereocenters. The van der Waals surface area contributed by atoms with Gasteiger partial charge in [-0.25, -0.2) is 18.2 Å². The van der Waals surface area contributed by atoms with Crippen molar-refractivity contribution < 1.29 is 22.7 Å². The van der Waals surface area contributed by atoms with Crippen LogP contribution < -0.4 is 5.32 Å². The monoisotopic (exact) mass is 473 g/mol. The number of rotatable bonds is 9. The Balaban J connectivity index is 1.70. The standard InChI is InChI=1S/C22H23N3O5S2/c1-3-25(14-16-8-6-5-7-9-16)32(28,29)18-12-10-17(11-13-18)20(26)24-22-23-19(15-31-22)21(27)30-4-2/h5-13,15H,3-4,14H2,1-2H3,(H,23,24,26). The number of nitrogens with zero attached hydrogens (tertiary/aromatic N) is 2. The number of amides is 1. The maximum Gasteiger partial charge on any atom is 0.357 e. The van der Waals surface area contributed by atoms with Gasteiger partial charge in [-0.3, -0.25) is 10.1 Å². The van der Waals surface area contributed by atoms with Crippen LogP contribution >= 0.6 is 11.3 Å². The fourth-order valence-electron chi connectivity index (χ4n) is 2.88. The van der Waals surface area contributed by atoms with E-state index in [9.17, 15) is 18.0 Å². The number of hydrogen-bond acceptors (Lipinski definition) is 7. The van der Waals surface area contributed by atoms with E-state index in [-0.39, 0.29) is 34.4 Å². The van der Waals surface area contributed by atoms with Crippen molar-refractivity contribution in [2.24, 2.45) is 0 Å². The summed E-state index contributed by atoms with van der Waals surface area (Å²) in [4.78, 5) is 28.3. The maximum absolute atomic E-state index is 13.0. The van der Waals surface area contributed by atoms with Crippen LogP contribution in [0.3, 0.4) is 0 Å². The lowest BCUT2D eigenvalue weighted by Gasteiger charge is -2.20. The Kier molecular flexibility index (Phi) is 7.73. The molecule has 3 aromatic rings. The van der Waals surface area contributed by atoms with Gasteiger partial charge in [-0.2, -0.15) is 4.31 Å². The molecule has 0 bridgehead atoms. The first-order valence-corrected chi connectivity index (χ1v) is 12.2. The topological polar surface area (TPSA) is 106 Å². The molecule has 0 saturated carbocycles. The van der Waals surface area contributed by atoms with Crippen LogP contribution in [0.25, 0.3) is 0 Å². The molecule has 1 aromatic heterocycles. The number of aromatic nitrogens is 1. The number of sulfonamides is 1. The molecule has 2 aromatic carbocycles. The second-order valence-electron chi connectivity index (χ2n) is 6.65. The number of nitrogens with one attached hydrogen (secondary N) is 1. The Morgan fingerprint density at radius 3 is 2.38 bits per heavy atom. The van der Waals surface area contributed by atoms with E-state index >= 15 is 0 Å². The molecule has 0 aliphatic rings. The predicted octanol–water partition coefficient (Wildman–Crippen LogP) is 3.78. The van der Waals surface area contributed by atoms with E-state index < -0.39 is 21.9 Å². The van der Waals surface area contributed by atoms with Gasteiger partial charge in [0.05, 0.1) is 11.5 Å². The molecule has 0 unspecified atom stereocenters. The molecule has 32 heavy (non-hydrogen) atoms. The van der Waals surface area contributed by atoms with Gasteiger partial charge < -0.3 is 4.74 Å². The lowest BCUT2D eigenvalue weighted by molar-refractivity contribution is 0.0520. The van der Waals surface area contributed by atoms with Gasteiger partial charge in [0, 0.05) is 24.0 Å². The highest BCUT2D eigenvalue weighted by Gasteiger charge is 2.23. The molecular formula is C22H23N3O5S2. The molecule has 168 valence electrons. The third-order valence-corrected chi connectivity index (χ3v) is 7.21. The van der Waals surface area contributed by atoms with Crippen LogP contribution in [-0.2, 0) is 21.3 Å². The van der Waals surface area contributed by atoms with Gasteiger partial charge in [-0.05, 0) is 36.8 Å². The van der Waals surface area contributed by atoms with E-state index in [1.54, 1.807) is 13.8 Å². The average molecular weight is 474 g/mol. The van der Waals surface area contributed by atoms with Crippen LogP contribution in [0.1, 0.15) is 40.3 Å². The molecule has 8 nitrogen and oxygen atoms in total. The highest BCUT2D eigenvalue weighted by Crippen LogP contribution is 2.21. The van der Waals surface area contributed by atoms with Gasteiger partial charge in [0.15, 0.2) is 10.8 Å². The number of carbonyl (C=O) groups excluding carboxylic acids is 2. The third-order valence-electron chi connectivity index (χ3n) is 4.52. The minimum absolute atomic E-state index is 0.102. The predicted molar refractivity (Wildman–Crippen MR) is 122 cm³/mol. The lowest BCUT2D eigenvalue weighted by Crippen LogP contribution is -2.30. The normalized spacial score (nSPS) is 11.3. The van der Waals surface area contributed by atoms with Gasteiger partial charge >= 0.3 is 5.97 Å². The molecule has 0 radical (unpaired) electrons. The number of anilines is 1. The van der Waals surface area contributed by atoms with E-state index in [0.29, 0.717) is 6.54 Å². The number of esters is 1. The minimum Gasteiger partial charge on any atom is -0.461 e. The molecule has 1 N–H and O–H groups in total. The summed E-state index contributed by atoms with van der Waals surface area (Å²) in [5, 5.41) is 4.34. The van der Waals surface area contributed by atoms with Crippen molar-refractivity contribution in [3.05, 3.63) is 76.8 Å². The van der Waals surface area contributed by atoms with Crippen molar-refractivity contribution in [1.29, 1.82) is 0 Å². The van der Waals surface area contributed by atoms with Crippen LogP contribution in [-0.4, -0.2) is 42.7 Å². The van der Waals surface area contributed by atoms with Crippen LogP contribution in [0.2, 0.25) is 0 Å². The van der Waals surface area contributed by atoms with Crippen molar-refractivity contribution in [2.45, 2.75) is 25.3 Å². The zero-order valence-corrected chi connectivity index (χ0v) is 19.3. The summed E-state index contributed by atoms with van der Waals surface area (Å²) in [6.45, 7) is 4.27. The Bertz CT molecular complexity index is 1180. The number of thiazole rings is 1. The van der Waals surface area contributed by atoms with Crippen molar-refractivity contribution >= 4 is 38.4 Å². The van der Waals surface area contributed by atoms with Crippen LogP contribution in [0.15, 0.2) is 64.9 Å². The summed E-state index contributed by atoms with van der Waals surface area (Å²) < 4.78 is 32.3. The zero-order chi connectivity index (χ0) is 23.1. The Morgan fingerprint density at radius 1 is 1.06 bits per heavy atom. The zero-order valence-electron chi connectivity index (χ0n) is 17.6. The van der Waals surface area contributed by atoms with Gasteiger partial charge in [-0.1, -0.05) is 37.3 Å². The highest BCUT2D eigenvalue weighted by molar-refractivity contribution is 7.89. The van der Waals surface area contributed by atoms with Crippen molar-refractivity contribution in [3.63, 3.8) is 0 Å². The first kappa shape index (κ1) is 23.6. The van der Waals surface area contributed by atoms with Gasteiger partial charge in [0.2, 0.25) is 10.0 Å². The molecule has 0 spiro atoms. The fraction of sp³-hybridized carbons (Fsp3) is 0.227. The Hall–Kier alpha value is -3.08. The van der Waals surface area contributed by atoms with Crippen molar-refractivity contribution in [1.82, 2.24) is 9.29 Å².